The van der Waals surface area contributed by atoms with Crippen molar-refractivity contribution in [2.24, 2.45) is 5.73 Å². The number of aliphatic hydroxyl groups excluding tert-OH is 1. The Hall–Kier alpha value is -4.02. The topological polar surface area (TPSA) is 157 Å². The lowest BCUT2D eigenvalue weighted by molar-refractivity contribution is -0.150. The molecule has 164 valence electrons. The van der Waals surface area contributed by atoms with E-state index < -0.39 is 24.0 Å². The van der Waals surface area contributed by atoms with Crippen molar-refractivity contribution in [1.82, 2.24) is 10.2 Å². The molecule has 2 aromatic carbocycles. The summed E-state index contributed by atoms with van der Waals surface area (Å²) in [4.78, 5) is 27.1. The molecule has 1 aliphatic heterocycles. The Morgan fingerprint density at radius 3 is 2.75 bits per heavy atom. The Morgan fingerprint density at radius 1 is 1.28 bits per heavy atom. The number of H-pyrrole nitrogens is 1. The summed E-state index contributed by atoms with van der Waals surface area (Å²) in [6, 6.07) is 13.6. The summed E-state index contributed by atoms with van der Waals surface area (Å²) in [7, 11) is 0. The number of nitrogens with one attached hydrogen (secondary N) is 3. The standard InChI is InChI=1S/C22H22N6O4/c23-20(24)13-4-6-16(7-5-13)27-21(30)18(29)19-22(31)28(8-9-32-19)17-3-1-2-14(10-17)15-11-25-26-12-15/h1-7,10-12,18-19,29H,8-9H2,(H3,23,24)(H,25,26)(H,27,30)/t18?,19-/m1/s1. The monoisotopic (exact) mass is 434 g/mol. The van der Waals surface area contributed by atoms with Gasteiger partial charge >= 0.3 is 0 Å². The number of ether oxygens (including phenoxy) is 1. The van der Waals surface area contributed by atoms with Gasteiger partial charge in [-0.3, -0.25) is 20.1 Å². The van der Waals surface area contributed by atoms with Crippen LogP contribution in [0.1, 0.15) is 5.56 Å². The van der Waals surface area contributed by atoms with E-state index in [1.54, 1.807) is 42.7 Å². The van der Waals surface area contributed by atoms with E-state index in [0.717, 1.165) is 11.1 Å². The maximum Gasteiger partial charge on any atom is 0.259 e. The summed E-state index contributed by atoms with van der Waals surface area (Å²) < 4.78 is 5.45. The van der Waals surface area contributed by atoms with Crippen molar-refractivity contribution in [3.8, 4) is 11.1 Å². The molecule has 10 heteroatoms. The second-order valence-electron chi connectivity index (χ2n) is 7.24. The van der Waals surface area contributed by atoms with E-state index >= 15 is 0 Å². The van der Waals surface area contributed by atoms with Crippen LogP contribution in [0.2, 0.25) is 0 Å². The molecule has 0 radical (unpaired) electrons. The smallest absolute Gasteiger partial charge is 0.259 e. The zero-order valence-corrected chi connectivity index (χ0v) is 17.0. The molecule has 1 aromatic heterocycles. The second-order valence-corrected chi connectivity index (χ2v) is 7.24. The fourth-order valence-electron chi connectivity index (χ4n) is 3.44. The molecule has 2 amide bonds. The predicted octanol–water partition coefficient (Wildman–Crippen LogP) is 1.09. The number of aromatic nitrogens is 2. The number of carbonyl (C=O) groups is 2. The highest BCUT2D eigenvalue weighted by molar-refractivity contribution is 6.04. The predicted molar refractivity (Wildman–Crippen MR) is 118 cm³/mol. The van der Waals surface area contributed by atoms with Crippen LogP contribution in [0.25, 0.3) is 11.1 Å². The lowest BCUT2D eigenvalue weighted by Crippen LogP contribution is -2.55. The minimum absolute atomic E-state index is 0.0963. The van der Waals surface area contributed by atoms with Gasteiger partial charge in [0, 0.05) is 35.2 Å². The summed E-state index contributed by atoms with van der Waals surface area (Å²) >= 11 is 0. The molecule has 32 heavy (non-hydrogen) atoms. The SMILES string of the molecule is N=C(N)c1ccc(NC(=O)C(O)[C@H]2OCCN(c3cccc(-c4cn[nH]c4)c3)C2=O)cc1. The normalized spacial score (nSPS) is 17.1. The molecule has 0 bridgehead atoms. The van der Waals surface area contributed by atoms with Gasteiger partial charge in [-0.05, 0) is 42.0 Å². The minimum Gasteiger partial charge on any atom is -0.384 e. The van der Waals surface area contributed by atoms with Crippen LogP contribution in [0.15, 0.2) is 60.9 Å². The van der Waals surface area contributed by atoms with E-state index in [1.807, 2.05) is 18.2 Å². The number of carbonyl (C=O) groups excluding carboxylic acids is 2. The van der Waals surface area contributed by atoms with Crippen molar-refractivity contribution >= 4 is 29.0 Å². The highest BCUT2D eigenvalue weighted by Crippen LogP contribution is 2.26. The van der Waals surface area contributed by atoms with Gasteiger partial charge in [-0.2, -0.15) is 5.10 Å². The summed E-state index contributed by atoms with van der Waals surface area (Å²) in [6.07, 6.45) is 0.396. The fraction of sp³-hybridized carbons (Fsp3) is 0.182. The number of aromatic amines is 1. The van der Waals surface area contributed by atoms with Crippen LogP contribution in [-0.2, 0) is 14.3 Å². The van der Waals surface area contributed by atoms with Crippen LogP contribution in [0.5, 0.6) is 0 Å². The number of rotatable bonds is 6. The third-order valence-electron chi connectivity index (χ3n) is 5.13. The van der Waals surface area contributed by atoms with Gasteiger partial charge in [-0.25, -0.2) is 0 Å². The Kier molecular flexibility index (Phi) is 5.97. The van der Waals surface area contributed by atoms with E-state index in [1.165, 1.54) is 4.90 Å². The fourth-order valence-corrected chi connectivity index (χ4v) is 3.44. The van der Waals surface area contributed by atoms with Gasteiger partial charge in [0.15, 0.2) is 12.2 Å². The van der Waals surface area contributed by atoms with E-state index in [-0.39, 0.29) is 12.4 Å². The van der Waals surface area contributed by atoms with Crippen LogP contribution < -0.4 is 16.0 Å². The molecule has 2 heterocycles. The summed E-state index contributed by atoms with van der Waals surface area (Å²) in [5.41, 5.74) is 8.70. The molecule has 4 rings (SSSR count). The van der Waals surface area contributed by atoms with Crippen LogP contribution in [-0.4, -0.2) is 58.3 Å². The Bertz CT molecular complexity index is 1130. The number of nitrogen functional groups attached to an aromatic ring is 1. The van der Waals surface area contributed by atoms with Crippen molar-refractivity contribution in [1.29, 1.82) is 5.41 Å². The quantitative estimate of drug-likeness (QED) is 0.289. The molecular formula is C22H22N6O4. The van der Waals surface area contributed by atoms with Gasteiger partial charge in [0.05, 0.1) is 12.8 Å². The first-order valence-corrected chi connectivity index (χ1v) is 9.89. The van der Waals surface area contributed by atoms with Crippen molar-refractivity contribution in [3.05, 3.63) is 66.5 Å². The van der Waals surface area contributed by atoms with Crippen molar-refractivity contribution in [2.75, 3.05) is 23.4 Å². The van der Waals surface area contributed by atoms with Gasteiger partial charge < -0.3 is 25.8 Å². The maximum atomic E-state index is 13.0. The number of hydrogen-bond acceptors (Lipinski definition) is 6. The molecule has 1 fully saturated rings. The van der Waals surface area contributed by atoms with Gasteiger partial charge in [-0.15, -0.1) is 0 Å². The number of amides is 2. The average molecular weight is 434 g/mol. The van der Waals surface area contributed by atoms with Gasteiger partial charge in [-0.1, -0.05) is 12.1 Å². The van der Waals surface area contributed by atoms with Crippen LogP contribution in [0.4, 0.5) is 11.4 Å². The molecule has 0 saturated carbocycles. The van der Waals surface area contributed by atoms with E-state index in [2.05, 4.69) is 15.5 Å². The first kappa shape index (κ1) is 21.2. The third-order valence-corrected chi connectivity index (χ3v) is 5.13. The Balaban J connectivity index is 1.47. The van der Waals surface area contributed by atoms with Crippen LogP contribution in [0.3, 0.4) is 0 Å². The van der Waals surface area contributed by atoms with E-state index in [9.17, 15) is 14.7 Å². The van der Waals surface area contributed by atoms with Gasteiger partial charge in [0.1, 0.15) is 5.84 Å². The molecule has 1 saturated heterocycles. The number of anilines is 2. The van der Waals surface area contributed by atoms with Crippen molar-refractivity contribution in [2.45, 2.75) is 12.2 Å². The number of morpholine rings is 1. The minimum atomic E-state index is -1.70. The average Bonchev–Trinajstić information content (AvgIpc) is 3.34. The number of amidine groups is 1. The highest BCUT2D eigenvalue weighted by Gasteiger charge is 2.39. The second kappa shape index (κ2) is 9.00. The van der Waals surface area contributed by atoms with Crippen molar-refractivity contribution in [3.63, 3.8) is 0 Å². The summed E-state index contributed by atoms with van der Waals surface area (Å²) in [5.74, 6) is -1.37. The lowest BCUT2D eigenvalue weighted by atomic mass is 10.1. The zero-order chi connectivity index (χ0) is 22.7. The summed E-state index contributed by atoms with van der Waals surface area (Å²) in [5, 5.41) is 27.2. The molecule has 0 spiro atoms. The zero-order valence-electron chi connectivity index (χ0n) is 17.0. The molecule has 2 atom stereocenters. The number of benzene rings is 2. The molecule has 1 unspecified atom stereocenters. The van der Waals surface area contributed by atoms with Gasteiger partial charge in [0.2, 0.25) is 0 Å². The molecule has 6 N–H and O–H groups in total. The lowest BCUT2D eigenvalue weighted by Gasteiger charge is -2.34. The number of hydrogen-bond donors (Lipinski definition) is 5. The molecular weight excluding hydrogens is 412 g/mol. The number of nitrogens with two attached hydrogens (primary N) is 1. The molecule has 3 aromatic rings. The third kappa shape index (κ3) is 4.36. The molecule has 1 aliphatic rings. The number of nitrogens with zero attached hydrogens (tertiary/aromatic N) is 2. The van der Waals surface area contributed by atoms with Gasteiger partial charge in [0.25, 0.3) is 11.8 Å². The first-order chi connectivity index (χ1) is 15.4. The first-order valence-electron chi connectivity index (χ1n) is 9.89. The largest absolute Gasteiger partial charge is 0.384 e. The van der Waals surface area contributed by atoms with Crippen molar-refractivity contribution < 1.29 is 19.4 Å². The molecule has 0 aliphatic carbocycles. The Morgan fingerprint density at radius 2 is 2.06 bits per heavy atom. The van der Waals surface area contributed by atoms with E-state index in [4.69, 9.17) is 15.9 Å². The van der Waals surface area contributed by atoms with E-state index in [0.29, 0.717) is 23.5 Å². The van der Waals surface area contributed by atoms with Crippen LogP contribution in [0, 0.1) is 5.41 Å². The van der Waals surface area contributed by atoms with Crippen LogP contribution >= 0.6 is 0 Å². The molecule has 10 nitrogen and oxygen atoms in total. The highest BCUT2D eigenvalue weighted by atomic mass is 16.5. The summed E-state index contributed by atoms with van der Waals surface area (Å²) in [6.45, 7) is 0.467. The number of aliphatic hydroxyl groups is 1. The maximum absolute atomic E-state index is 13.0. The Labute approximate surface area is 183 Å².